The van der Waals surface area contributed by atoms with Crippen LogP contribution in [0.4, 0.5) is 18.9 Å². The molecule has 6 heteroatoms. The predicted molar refractivity (Wildman–Crippen MR) is 69.1 cm³/mol. The van der Waals surface area contributed by atoms with Crippen LogP contribution in [0, 0.1) is 0 Å². The van der Waals surface area contributed by atoms with Crippen LogP contribution in [0.25, 0.3) is 0 Å². The summed E-state index contributed by atoms with van der Waals surface area (Å²) in [5.74, 6) is -1.56. The average Bonchev–Trinajstić information content (AvgIpc) is 2.85. The fourth-order valence-electron chi connectivity index (χ4n) is 2.73. The van der Waals surface area contributed by atoms with Gasteiger partial charge in [0.25, 0.3) is 0 Å². The van der Waals surface area contributed by atoms with Crippen molar-refractivity contribution in [1.29, 1.82) is 0 Å². The molecule has 0 aliphatic carbocycles. The second-order valence-corrected chi connectivity index (χ2v) is 4.93. The number of carboxylic acids is 1. The molecule has 1 saturated heterocycles. The zero-order valence-corrected chi connectivity index (χ0v) is 11.1. The predicted octanol–water partition coefficient (Wildman–Crippen LogP) is 3.78. The third kappa shape index (κ3) is 2.73. The summed E-state index contributed by atoms with van der Waals surface area (Å²) in [6.45, 7) is 2.71. The highest BCUT2D eigenvalue weighted by Crippen LogP contribution is 2.36. The van der Waals surface area contributed by atoms with Gasteiger partial charge in [-0.1, -0.05) is 6.92 Å². The van der Waals surface area contributed by atoms with Crippen LogP contribution >= 0.6 is 0 Å². The lowest BCUT2D eigenvalue weighted by Crippen LogP contribution is -2.29. The van der Waals surface area contributed by atoms with Crippen LogP contribution < -0.4 is 4.90 Å². The van der Waals surface area contributed by atoms with E-state index >= 15 is 0 Å². The normalized spacial score (nSPS) is 19.4. The van der Waals surface area contributed by atoms with Gasteiger partial charge in [-0.05, 0) is 37.5 Å². The molecule has 0 bridgehead atoms. The third-order valence-electron chi connectivity index (χ3n) is 3.72. The van der Waals surface area contributed by atoms with E-state index in [0.29, 0.717) is 12.2 Å². The van der Waals surface area contributed by atoms with Crippen molar-refractivity contribution < 1.29 is 23.1 Å². The summed E-state index contributed by atoms with van der Waals surface area (Å²) in [5, 5.41) is 8.87. The van der Waals surface area contributed by atoms with Gasteiger partial charge in [-0.2, -0.15) is 13.2 Å². The van der Waals surface area contributed by atoms with Crippen molar-refractivity contribution in [2.24, 2.45) is 0 Å². The van der Waals surface area contributed by atoms with Gasteiger partial charge in [-0.25, -0.2) is 4.79 Å². The lowest BCUT2D eigenvalue weighted by Gasteiger charge is -2.27. The Morgan fingerprint density at radius 1 is 1.45 bits per heavy atom. The maximum Gasteiger partial charge on any atom is 0.417 e. The number of nitrogens with zero attached hydrogens (tertiary/aromatic N) is 1. The van der Waals surface area contributed by atoms with Crippen LogP contribution in [-0.4, -0.2) is 23.7 Å². The van der Waals surface area contributed by atoms with Gasteiger partial charge in [-0.15, -0.1) is 0 Å². The molecule has 1 aliphatic rings. The highest BCUT2D eigenvalue weighted by molar-refractivity contribution is 5.90. The van der Waals surface area contributed by atoms with Crippen molar-refractivity contribution in [3.63, 3.8) is 0 Å². The van der Waals surface area contributed by atoms with Gasteiger partial charge in [0.2, 0.25) is 0 Å². The van der Waals surface area contributed by atoms with Gasteiger partial charge in [0.1, 0.15) is 0 Å². The molecule has 1 aliphatic heterocycles. The molecule has 1 fully saturated rings. The number of hydrogen-bond acceptors (Lipinski definition) is 2. The molecule has 1 N–H and O–H groups in total. The molecule has 0 saturated carbocycles. The molecule has 1 heterocycles. The summed E-state index contributed by atoms with van der Waals surface area (Å²) in [5.41, 5.74) is -1.33. The topological polar surface area (TPSA) is 40.5 Å². The number of benzene rings is 1. The Hall–Kier alpha value is -1.72. The van der Waals surface area contributed by atoms with E-state index < -0.39 is 23.3 Å². The molecule has 0 amide bonds. The van der Waals surface area contributed by atoms with Crippen LogP contribution in [0.3, 0.4) is 0 Å². The first-order chi connectivity index (χ1) is 9.34. The minimum Gasteiger partial charge on any atom is -0.478 e. The number of aromatic carboxylic acids is 1. The van der Waals surface area contributed by atoms with E-state index in [9.17, 15) is 18.0 Å². The van der Waals surface area contributed by atoms with Crippen LogP contribution in [0.15, 0.2) is 18.2 Å². The molecule has 0 aromatic heterocycles. The van der Waals surface area contributed by atoms with Crippen LogP contribution in [0.5, 0.6) is 0 Å². The molecule has 0 spiro atoms. The first kappa shape index (κ1) is 14.7. The van der Waals surface area contributed by atoms with Gasteiger partial charge in [-0.3, -0.25) is 0 Å². The van der Waals surface area contributed by atoms with Gasteiger partial charge in [0.05, 0.1) is 11.1 Å². The first-order valence-corrected chi connectivity index (χ1v) is 6.55. The first-order valence-electron chi connectivity index (χ1n) is 6.55. The molecule has 1 atom stereocenters. The Balaban J connectivity index is 2.44. The maximum atomic E-state index is 13.0. The van der Waals surface area contributed by atoms with Crippen molar-refractivity contribution in [2.75, 3.05) is 11.4 Å². The van der Waals surface area contributed by atoms with Crippen molar-refractivity contribution in [3.05, 3.63) is 29.3 Å². The monoisotopic (exact) mass is 287 g/mol. The van der Waals surface area contributed by atoms with Crippen molar-refractivity contribution in [2.45, 2.75) is 38.4 Å². The second kappa shape index (κ2) is 5.34. The summed E-state index contributed by atoms with van der Waals surface area (Å²) in [6, 6.07) is 3.70. The summed E-state index contributed by atoms with van der Waals surface area (Å²) in [6.07, 6.45) is -1.90. The number of halogens is 3. The van der Waals surface area contributed by atoms with E-state index in [4.69, 9.17) is 5.11 Å². The van der Waals surface area contributed by atoms with Gasteiger partial charge < -0.3 is 10.0 Å². The van der Waals surface area contributed by atoms with Crippen LogP contribution in [-0.2, 0) is 6.18 Å². The minimum atomic E-state index is -4.66. The third-order valence-corrected chi connectivity index (χ3v) is 3.72. The van der Waals surface area contributed by atoms with E-state index in [1.165, 1.54) is 6.07 Å². The van der Waals surface area contributed by atoms with Crippen LogP contribution in [0.1, 0.15) is 42.1 Å². The Morgan fingerprint density at radius 2 is 2.15 bits per heavy atom. The fraction of sp³-hybridized carbons (Fsp3) is 0.500. The SMILES string of the molecule is CCC1CCCN1c1ccc(C(=O)O)c(C(F)(F)F)c1. The molecule has 3 nitrogen and oxygen atoms in total. The Morgan fingerprint density at radius 3 is 2.70 bits per heavy atom. The zero-order chi connectivity index (χ0) is 14.9. The molecule has 110 valence electrons. The molecule has 1 unspecified atom stereocenters. The molecule has 1 aromatic rings. The molecule has 2 rings (SSSR count). The lowest BCUT2D eigenvalue weighted by atomic mass is 10.0. The number of alkyl halides is 3. The smallest absolute Gasteiger partial charge is 0.417 e. The maximum absolute atomic E-state index is 13.0. The van der Waals surface area contributed by atoms with Gasteiger partial charge in [0, 0.05) is 18.3 Å². The number of carboxylic acid groups (broad SMARTS) is 1. The van der Waals surface area contributed by atoms with E-state index in [1.54, 1.807) is 0 Å². The summed E-state index contributed by atoms with van der Waals surface area (Å²) < 4.78 is 38.9. The molecule has 20 heavy (non-hydrogen) atoms. The van der Waals surface area contributed by atoms with Crippen molar-refractivity contribution >= 4 is 11.7 Å². The van der Waals surface area contributed by atoms with Crippen LogP contribution in [0.2, 0.25) is 0 Å². The molecular weight excluding hydrogens is 271 g/mol. The second-order valence-electron chi connectivity index (χ2n) is 4.93. The number of hydrogen-bond donors (Lipinski definition) is 1. The van der Waals surface area contributed by atoms with Crippen molar-refractivity contribution in [3.8, 4) is 0 Å². The fourth-order valence-corrected chi connectivity index (χ4v) is 2.73. The highest BCUT2D eigenvalue weighted by Gasteiger charge is 2.36. The minimum absolute atomic E-state index is 0.228. The van der Waals surface area contributed by atoms with Gasteiger partial charge in [0.15, 0.2) is 0 Å². The van der Waals surface area contributed by atoms with Crippen molar-refractivity contribution in [1.82, 2.24) is 0 Å². The number of carbonyl (C=O) groups is 1. The Kier molecular flexibility index (Phi) is 3.92. The largest absolute Gasteiger partial charge is 0.478 e. The Bertz CT molecular complexity index is 514. The Labute approximate surface area is 115 Å². The summed E-state index contributed by atoms with van der Waals surface area (Å²) in [4.78, 5) is 12.8. The quantitative estimate of drug-likeness (QED) is 0.919. The lowest BCUT2D eigenvalue weighted by molar-refractivity contribution is -0.138. The average molecular weight is 287 g/mol. The summed E-state index contributed by atoms with van der Waals surface area (Å²) in [7, 11) is 0. The van der Waals surface area contributed by atoms with E-state index in [2.05, 4.69) is 0 Å². The molecular formula is C14H16F3NO2. The summed E-state index contributed by atoms with van der Waals surface area (Å²) >= 11 is 0. The zero-order valence-electron chi connectivity index (χ0n) is 11.1. The molecule has 1 aromatic carbocycles. The highest BCUT2D eigenvalue weighted by atomic mass is 19.4. The van der Waals surface area contributed by atoms with Gasteiger partial charge >= 0.3 is 12.1 Å². The van der Waals surface area contributed by atoms with E-state index in [-0.39, 0.29) is 6.04 Å². The van der Waals surface area contributed by atoms with E-state index in [1.807, 2.05) is 11.8 Å². The van der Waals surface area contributed by atoms with E-state index in [0.717, 1.165) is 31.4 Å². The number of rotatable bonds is 3. The molecule has 0 radical (unpaired) electrons. The number of anilines is 1. The standard InChI is InChI=1S/C14H16F3NO2/c1-2-9-4-3-7-18(9)10-5-6-11(13(19)20)12(8-10)14(15,16)17/h5-6,8-9H,2-4,7H2,1H3,(H,19,20).